The Balaban J connectivity index is 1.67. The summed E-state index contributed by atoms with van der Waals surface area (Å²) in [5.74, 6) is -1.07. The highest BCUT2D eigenvalue weighted by Crippen LogP contribution is 2.26. The maximum absolute atomic E-state index is 13.2. The van der Waals surface area contributed by atoms with Crippen molar-refractivity contribution in [2.75, 3.05) is 9.62 Å². The van der Waals surface area contributed by atoms with E-state index in [2.05, 4.69) is 10.3 Å². The summed E-state index contributed by atoms with van der Waals surface area (Å²) in [6.45, 7) is 0. The van der Waals surface area contributed by atoms with Crippen LogP contribution < -0.4 is 15.2 Å². The minimum atomic E-state index is -3.14. The monoisotopic (exact) mass is 439 g/mol. The Morgan fingerprint density at radius 1 is 1.03 bits per heavy atom. The lowest BCUT2D eigenvalue weighted by atomic mass is 10.1. The molecular formula is C21H14FN3O5S. The molecule has 2 aromatic heterocycles. The Hall–Kier alpha value is -4.05. The smallest absolute Gasteiger partial charge is 0.336 e. The number of amides is 1. The molecule has 4 aromatic rings. The zero-order valence-corrected chi connectivity index (χ0v) is 16.6. The second kappa shape index (κ2) is 8.36. The number of thiol groups is 1. The third-order valence-corrected chi connectivity index (χ3v) is 5.11. The second-order valence-electron chi connectivity index (χ2n) is 6.36. The third kappa shape index (κ3) is 4.28. The number of benzene rings is 2. The first-order chi connectivity index (χ1) is 14.9. The number of hydrogen-bond acceptors (Lipinski definition) is 6. The molecule has 0 atom stereocenters. The summed E-state index contributed by atoms with van der Waals surface area (Å²) in [6, 6.07) is 15.3. The van der Waals surface area contributed by atoms with Crippen LogP contribution in [-0.4, -0.2) is 19.3 Å². The van der Waals surface area contributed by atoms with Crippen molar-refractivity contribution in [3.8, 4) is 0 Å². The molecule has 2 aromatic carbocycles. The first-order valence-electron chi connectivity index (χ1n) is 8.93. The first kappa shape index (κ1) is 20.2. The lowest BCUT2D eigenvalue weighted by Crippen LogP contribution is -2.17. The predicted octanol–water partition coefficient (Wildman–Crippen LogP) is 3.24. The summed E-state index contributed by atoms with van der Waals surface area (Å²) in [4.78, 5) is 28.4. The van der Waals surface area contributed by atoms with Crippen molar-refractivity contribution in [2.24, 2.45) is 0 Å². The van der Waals surface area contributed by atoms with Crippen LogP contribution in [-0.2, 0) is 10.9 Å². The zero-order chi connectivity index (χ0) is 22.0. The Labute approximate surface area is 176 Å². The largest absolute Gasteiger partial charge is 0.422 e. The predicted molar refractivity (Wildman–Crippen MR) is 114 cm³/mol. The standard InChI is InChI=1S/C21H14FN3O5S/c22-14-5-7-16(8-6-14)25(31(28)29)18-12-15(10-11-23-18)24-21(27)17-3-1-2-13-4-9-19(26)30-20(13)17/h1-12,31H,(H,23,24,27). The van der Waals surface area contributed by atoms with E-state index >= 15 is 0 Å². The van der Waals surface area contributed by atoms with Crippen molar-refractivity contribution in [1.29, 1.82) is 0 Å². The van der Waals surface area contributed by atoms with Gasteiger partial charge in [-0.25, -0.2) is 26.9 Å². The molecule has 156 valence electrons. The van der Waals surface area contributed by atoms with E-state index in [1.807, 2.05) is 0 Å². The van der Waals surface area contributed by atoms with Gasteiger partial charge in [0.25, 0.3) is 5.91 Å². The van der Waals surface area contributed by atoms with Gasteiger partial charge in [-0.05, 0) is 42.5 Å². The SMILES string of the molecule is O=C(Nc1ccnc(N(c2ccc(F)cc2)[SH](=O)=O)c1)c1cccc2ccc(=O)oc12. The van der Waals surface area contributed by atoms with E-state index in [9.17, 15) is 22.4 Å². The van der Waals surface area contributed by atoms with Crippen molar-refractivity contribution in [3.05, 3.63) is 94.7 Å². The van der Waals surface area contributed by atoms with Crippen LogP contribution in [0, 0.1) is 5.82 Å². The highest BCUT2D eigenvalue weighted by molar-refractivity contribution is 7.74. The van der Waals surface area contributed by atoms with Crippen LogP contribution in [0.25, 0.3) is 11.0 Å². The van der Waals surface area contributed by atoms with E-state index in [0.717, 1.165) is 16.4 Å². The van der Waals surface area contributed by atoms with E-state index in [0.29, 0.717) is 5.39 Å². The number of fused-ring (bicyclic) bond motifs is 1. The minimum absolute atomic E-state index is 0.00460. The van der Waals surface area contributed by atoms with E-state index < -0.39 is 28.2 Å². The molecule has 10 heteroatoms. The Kier molecular flexibility index (Phi) is 5.46. The molecule has 0 saturated carbocycles. The number of anilines is 3. The molecule has 8 nitrogen and oxygen atoms in total. The zero-order valence-electron chi connectivity index (χ0n) is 15.7. The van der Waals surface area contributed by atoms with E-state index in [1.165, 1.54) is 42.6 Å². The molecule has 31 heavy (non-hydrogen) atoms. The molecule has 0 spiro atoms. The van der Waals surface area contributed by atoms with Crippen molar-refractivity contribution in [1.82, 2.24) is 4.98 Å². The molecule has 0 aliphatic rings. The van der Waals surface area contributed by atoms with Crippen LogP contribution in [0.15, 0.2) is 82.1 Å². The Morgan fingerprint density at radius 3 is 2.55 bits per heavy atom. The summed E-state index contributed by atoms with van der Waals surface area (Å²) in [5, 5.41) is 3.22. The van der Waals surface area contributed by atoms with E-state index in [1.54, 1.807) is 18.2 Å². The number of halogens is 1. The lowest BCUT2D eigenvalue weighted by molar-refractivity contribution is 0.102. The molecule has 0 aliphatic carbocycles. The van der Waals surface area contributed by atoms with Gasteiger partial charge in [-0.3, -0.25) is 4.79 Å². The van der Waals surface area contributed by atoms with Crippen molar-refractivity contribution < 1.29 is 22.0 Å². The highest BCUT2D eigenvalue weighted by Gasteiger charge is 2.16. The van der Waals surface area contributed by atoms with Crippen LogP contribution in [0.2, 0.25) is 0 Å². The molecule has 1 N–H and O–H groups in total. The van der Waals surface area contributed by atoms with Crippen molar-refractivity contribution in [2.45, 2.75) is 0 Å². The number of carbonyl (C=O) groups is 1. The fourth-order valence-electron chi connectivity index (χ4n) is 2.97. The van der Waals surface area contributed by atoms with Gasteiger partial charge in [0.05, 0.1) is 11.3 Å². The number of nitrogens with zero attached hydrogens (tertiary/aromatic N) is 2. The van der Waals surface area contributed by atoms with Gasteiger partial charge in [0.2, 0.25) is 10.9 Å². The van der Waals surface area contributed by atoms with Crippen molar-refractivity contribution in [3.63, 3.8) is 0 Å². The van der Waals surface area contributed by atoms with Crippen molar-refractivity contribution >= 4 is 45.0 Å². The molecule has 2 heterocycles. The lowest BCUT2D eigenvalue weighted by Gasteiger charge is -2.17. The summed E-state index contributed by atoms with van der Waals surface area (Å²) in [7, 11) is -3.14. The first-order valence-corrected chi connectivity index (χ1v) is 10.1. The molecule has 0 fully saturated rings. The highest BCUT2D eigenvalue weighted by atomic mass is 32.2. The molecule has 0 bridgehead atoms. The van der Waals surface area contributed by atoms with Gasteiger partial charge >= 0.3 is 5.63 Å². The number of para-hydroxylation sites is 1. The molecule has 0 radical (unpaired) electrons. The normalized spacial score (nSPS) is 10.9. The van der Waals surface area contributed by atoms with Crippen LogP contribution >= 0.6 is 0 Å². The minimum Gasteiger partial charge on any atom is -0.422 e. The quantitative estimate of drug-likeness (QED) is 0.365. The van der Waals surface area contributed by atoms with Crippen LogP contribution in [0.1, 0.15) is 10.4 Å². The van der Waals surface area contributed by atoms with Crippen LogP contribution in [0.3, 0.4) is 0 Å². The molecule has 4 rings (SSSR count). The van der Waals surface area contributed by atoms with Crippen LogP contribution in [0.5, 0.6) is 0 Å². The Bertz CT molecular complexity index is 1410. The summed E-state index contributed by atoms with van der Waals surface area (Å²) < 4.78 is 42.9. The molecule has 0 unspecified atom stereocenters. The number of hydrogen-bond donors (Lipinski definition) is 2. The van der Waals surface area contributed by atoms with E-state index in [-0.39, 0.29) is 28.3 Å². The maximum Gasteiger partial charge on any atom is 0.336 e. The van der Waals surface area contributed by atoms with Gasteiger partial charge in [-0.2, -0.15) is 0 Å². The summed E-state index contributed by atoms with van der Waals surface area (Å²) >= 11 is 0. The number of pyridine rings is 1. The van der Waals surface area contributed by atoms with Gasteiger partial charge in [-0.1, -0.05) is 12.1 Å². The van der Waals surface area contributed by atoms with Gasteiger partial charge in [0, 0.05) is 29.4 Å². The van der Waals surface area contributed by atoms with Gasteiger partial charge in [0.15, 0.2) is 5.58 Å². The maximum atomic E-state index is 13.2. The van der Waals surface area contributed by atoms with Gasteiger partial charge in [0.1, 0.15) is 11.6 Å². The number of nitrogens with one attached hydrogen (secondary N) is 1. The van der Waals surface area contributed by atoms with Gasteiger partial charge in [-0.15, -0.1) is 0 Å². The molecule has 0 aliphatic heterocycles. The number of carbonyl (C=O) groups excluding carboxylic acids is 1. The van der Waals surface area contributed by atoms with Gasteiger partial charge < -0.3 is 9.73 Å². The third-order valence-electron chi connectivity index (χ3n) is 4.35. The topological polar surface area (TPSA) is 110 Å². The molecular weight excluding hydrogens is 425 g/mol. The summed E-state index contributed by atoms with van der Waals surface area (Å²) in [5.41, 5.74) is 0.128. The average molecular weight is 439 g/mol. The molecule has 0 saturated heterocycles. The fraction of sp³-hybridized carbons (Fsp3) is 0. The summed E-state index contributed by atoms with van der Waals surface area (Å²) in [6.07, 6.45) is 1.32. The molecule has 1 amide bonds. The fourth-order valence-corrected chi connectivity index (χ4v) is 3.57. The number of aromatic nitrogens is 1. The Morgan fingerprint density at radius 2 is 1.81 bits per heavy atom. The van der Waals surface area contributed by atoms with E-state index in [4.69, 9.17) is 4.42 Å². The number of rotatable bonds is 5. The second-order valence-corrected chi connectivity index (χ2v) is 7.24. The average Bonchev–Trinajstić information content (AvgIpc) is 2.75. The van der Waals surface area contributed by atoms with Crippen LogP contribution in [0.4, 0.5) is 21.6 Å².